The summed E-state index contributed by atoms with van der Waals surface area (Å²) >= 11 is 5.77. The first-order valence-electron chi connectivity index (χ1n) is 10.4. The summed E-state index contributed by atoms with van der Waals surface area (Å²) < 4.78 is 47.1. The van der Waals surface area contributed by atoms with E-state index in [-0.39, 0.29) is 15.7 Å². The molecule has 2 heterocycles. The van der Waals surface area contributed by atoms with Crippen LogP contribution >= 0.6 is 11.6 Å². The van der Waals surface area contributed by atoms with E-state index >= 15 is 0 Å². The minimum Gasteiger partial charge on any atom is -0.451 e. The maximum Gasteiger partial charge on any atom is 0.291 e. The molecule has 0 aliphatic carbocycles. The molecular weight excluding hydrogens is 455 g/mol. The van der Waals surface area contributed by atoms with Crippen molar-refractivity contribution < 1.29 is 22.0 Å². The third kappa shape index (κ3) is 4.27. The van der Waals surface area contributed by atoms with Gasteiger partial charge in [0, 0.05) is 29.7 Å². The van der Waals surface area contributed by atoms with Gasteiger partial charge in [0.05, 0.1) is 9.92 Å². The fraction of sp³-hybridized carbons (Fsp3) is 0.348. The van der Waals surface area contributed by atoms with Crippen molar-refractivity contribution in [2.75, 3.05) is 18.4 Å². The first-order valence-corrected chi connectivity index (χ1v) is 12.2. The molecule has 1 saturated heterocycles. The van der Waals surface area contributed by atoms with Gasteiger partial charge in [-0.1, -0.05) is 25.4 Å². The van der Waals surface area contributed by atoms with E-state index in [2.05, 4.69) is 19.2 Å². The minimum atomic E-state index is -3.66. The zero-order valence-electron chi connectivity index (χ0n) is 18.0. The molecule has 1 fully saturated rings. The number of nitrogens with one attached hydrogen (secondary N) is 1. The van der Waals surface area contributed by atoms with Gasteiger partial charge in [0.25, 0.3) is 5.91 Å². The summed E-state index contributed by atoms with van der Waals surface area (Å²) in [4.78, 5) is 12.9. The smallest absolute Gasteiger partial charge is 0.291 e. The summed E-state index contributed by atoms with van der Waals surface area (Å²) in [5, 5.41) is 3.06. The number of hydrogen-bond acceptors (Lipinski definition) is 4. The molecule has 0 saturated carbocycles. The van der Waals surface area contributed by atoms with Gasteiger partial charge in [0.15, 0.2) is 5.76 Å². The van der Waals surface area contributed by atoms with Gasteiger partial charge in [-0.15, -0.1) is 0 Å². The molecule has 0 radical (unpaired) electrons. The number of hydrogen-bond donors (Lipinski definition) is 1. The Morgan fingerprint density at radius 1 is 1.16 bits per heavy atom. The van der Waals surface area contributed by atoms with Gasteiger partial charge in [-0.3, -0.25) is 4.79 Å². The maximum absolute atomic E-state index is 13.4. The lowest BCUT2D eigenvalue weighted by Crippen LogP contribution is -2.42. The summed E-state index contributed by atoms with van der Waals surface area (Å²) in [6, 6.07) is 8.48. The highest BCUT2D eigenvalue weighted by molar-refractivity contribution is 7.89. The number of aryl methyl sites for hydroxylation is 1. The van der Waals surface area contributed by atoms with Crippen molar-refractivity contribution >= 4 is 44.2 Å². The van der Waals surface area contributed by atoms with Crippen LogP contribution in [-0.4, -0.2) is 31.7 Å². The number of benzene rings is 2. The average Bonchev–Trinajstić information content (AvgIpc) is 3.06. The van der Waals surface area contributed by atoms with Crippen molar-refractivity contribution in [3.05, 3.63) is 58.6 Å². The summed E-state index contributed by atoms with van der Waals surface area (Å²) in [6.45, 7) is 6.79. The molecule has 1 N–H and O–H groups in total. The number of fused-ring (bicyclic) bond motifs is 1. The van der Waals surface area contributed by atoms with E-state index < -0.39 is 21.7 Å². The van der Waals surface area contributed by atoms with Gasteiger partial charge in [0.1, 0.15) is 11.4 Å². The van der Waals surface area contributed by atoms with Gasteiger partial charge >= 0.3 is 0 Å². The van der Waals surface area contributed by atoms with E-state index in [1.54, 1.807) is 19.1 Å². The average molecular weight is 479 g/mol. The molecule has 1 aromatic heterocycles. The number of rotatable bonds is 4. The van der Waals surface area contributed by atoms with Crippen LogP contribution in [0.15, 0.2) is 45.7 Å². The molecule has 3 aromatic rings. The fourth-order valence-electron chi connectivity index (χ4n) is 4.29. The second-order valence-electron chi connectivity index (χ2n) is 8.57. The Balaban J connectivity index is 1.65. The first kappa shape index (κ1) is 22.8. The van der Waals surface area contributed by atoms with Gasteiger partial charge in [-0.2, -0.15) is 4.31 Å². The Labute approximate surface area is 191 Å². The van der Waals surface area contributed by atoms with Crippen molar-refractivity contribution in [3.63, 3.8) is 0 Å². The van der Waals surface area contributed by atoms with Crippen molar-refractivity contribution in [2.24, 2.45) is 11.8 Å². The molecule has 1 aliphatic heterocycles. The molecule has 4 rings (SSSR count). The fourth-order valence-corrected chi connectivity index (χ4v) is 6.18. The van der Waals surface area contributed by atoms with Gasteiger partial charge < -0.3 is 9.73 Å². The third-order valence-corrected chi connectivity index (χ3v) is 7.88. The molecule has 0 spiro atoms. The largest absolute Gasteiger partial charge is 0.451 e. The monoisotopic (exact) mass is 478 g/mol. The molecule has 1 aliphatic rings. The zero-order chi connectivity index (χ0) is 23.2. The van der Waals surface area contributed by atoms with E-state index in [4.69, 9.17) is 16.0 Å². The second kappa shape index (κ2) is 8.50. The van der Waals surface area contributed by atoms with Crippen LogP contribution in [0.3, 0.4) is 0 Å². The molecule has 170 valence electrons. The zero-order valence-corrected chi connectivity index (χ0v) is 19.6. The number of anilines is 1. The Hall–Kier alpha value is -2.42. The van der Waals surface area contributed by atoms with E-state index in [0.29, 0.717) is 47.1 Å². The molecular formula is C23H24ClFN2O4S. The lowest BCUT2D eigenvalue weighted by atomic mass is 9.94. The number of furan rings is 1. The van der Waals surface area contributed by atoms with E-state index in [1.165, 1.54) is 22.5 Å². The number of carbonyl (C=O) groups is 1. The molecule has 2 atom stereocenters. The van der Waals surface area contributed by atoms with Gasteiger partial charge in [-0.25, -0.2) is 12.8 Å². The SMILES string of the molecule is Cc1c(C(=O)Nc2ccc(F)c(Cl)c2)oc2ccc(S(=O)(=O)N3CC(C)CC(C)C3)cc12. The van der Waals surface area contributed by atoms with Crippen LogP contribution in [0.4, 0.5) is 10.1 Å². The van der Waals surface area contributed by atoms with Gasteiger partial charge in [0.2, 0.25) is 10.0 Å². The summed E-state index contributed by atoms with van der Waals surface area (Å²) in [5.74, 6) is -0.484. The quantitative estimate of drug-likeness (QED) is 0.540. The Morgan fingerprint density at radius 2 is 1.84 bits per heavy atom. The lowest BCUT2D eigenvalue weighted by molar-refractivity contribution is 0.0998. The molecule has 9 heteroatoms. The number of sulfonamides is 1. The highest BCUT2D eigenvalue weighted by Gasteiger charge is 2.32. The summed E-state index contributed by atoms with van der Waals surface area (Å²) in [6.07, 6.45) is 1.00. The van der Waals surface area contributed by atoms with Gasteiger partial charge in [-0.05, 0) is 61.6 Å². The van der Waals surface area contributed by atoms with Crippen molar-refractivity contribution in [1.82, 2.24) is 4.31 Å². The van der Waals surface area contributed by atoms with Crippen LogP contribution in [0, 0.1) is 24.6 Å². The molecule has 6 nitrogen and oxygen atoms in total. The summed E-state index contributed by atoms with van der Waals surface area (Å²) in [5.41, 5.74) is 1.24. The third-order valence-electron chi connectivity index (χ3n) is 5.76. The Morgan fingerprint density at radius 3 is 2.50 bits per heavy atom. The minimum absolute atomic E-state index is 0.0511. The van der Waals surface area contributed by atoms with Crippen LogP contribution in [0.25, 0.3) is 11.0 Å². The number of piperidine rings is 1. The highest BCUT2D eigenvalue weighted by atomic mass is 35.5. The van der Waals surface area contributed by atoms with Crippen LogP contribution < -0.4 is 5.32 Å². The molecule has 2 unspecified atom stereocenters. The predicted molar refractivity (Wildman–Crippen MR) is 122 cm³/mol. The van der Waals surface area contributed by atoms with Crippen molar-refractivity contribution in [3.8, 4) is 0 Å². The van der Waals surface area contributed by atoms with Crippen LogP contribution in [-0.2, 0) is 10.0 Å². The highest BCUT2D eigenvalue weighted by Crippen LogP contribution is 2.32. The number of amides is 1. The second-order valence-corrected chi connectivity index (χ2v) is 10.9. The number of carbonyl (C=O) groups excluding carboxylic acids is 1. The first-order chi connectivity index (χ1) is 15.1. The lowest BCUT2D eigenvalue weighted by Gasteiger charge is -2.34. The predicted octanol–water partition coefficient (Wildman–Crippen LogP) is 5.45. The maximum atomic E-state index is 13.4. The Kier molecular flexibility index (Phi) is 6.04. The van der Waals surface area contributed by atoms with Crippen molar-refractivity contribution in [2.45, 2.75) is 32.1 Å². The molecule has 1 amide bonds. The van der Waals surface area contributed by atoms with Crippen molar-refractivity contribution in [1.29, 1.82) is 0 Å². The number of halogens is 2. The van der Waals surface area contributed by atoms with E-state index in [1.807, 2.05) is 0 Å². The molecule has 0 bridgehead atoms. The molecule has 2 aromatic carbocycles. The van der Waals surface area contributed by atoms with E-state index in [0.717, 1.165) is 12.5 Å². The van der Waals surface area contributed by atoms with Crippen LogP contribution in [0.5, 0.6) is 0 Å². The Bertz CT molecular complexity index is 1290. The van der Waals surface area contributed by atoms with Crippen LogP contribution in [0.2, 0.25) is 5.02 Å². The normalized spacial score (nSPS) is 19.9. The van der Waals surface area contributed by atoms with Crippen LogP contribution in [0.1, 0.15) is 36.4 Å². The standard InChI is InChI=1S/C23H24ClFN2O4S/c1-13-8-14(2)12-27(11-13)32(29,30)17-5-7-21-18(10-17)15(3)22(31-21)23(28)26-16-4-6-20(25)19(24)9-16/h4-7,9-10,13-14H,8,11-12H2,1-3H3,(H,26,28). The summed E-state index contributed by atoms with van der Waals surface area (Å²) in [7, 11) is -3.66. The number of nitrogens with zero attached hydrogens (tertiary/aromatic N) is 1. The molecule has 32 heavy (non-hydrogen) atoms. The topological polar surface area (TPSA) is 79.6 Å². The van der Waals surface area contributed by atoms with E-state index in [9.17, 15) is 17.6 Å².